The molecule has 0 aliphatic heterocycles. The molecular formula is C9H12Cl3F3O3. The average molecular weight is 332 g/mol. The first kappa shape index (κ1) is 17.9. The molecule has 0 N–H and O–H groups in total. The molecule has 0 spiro atoms. The first-order chi connectivity index (χ1) is 8.10. The van der Waals surface area contributed by atoms with Crippen LogP contribution in [-0.4, -0.2) is 29.3 Å². The van der Waals surface area contributed by atoms with Crippen LogP contribution < -0.4 is 0 Å². The van der Waals surface area contributed by atoms with Crippen LogP contribution in [0.25, 0.3) is 0 Å². The van der Waals surface area contributed by atoms with E-state index in [9.17, 15) is 18.0 Å². The molecule has 9 heteroatoms. The Bertz CT molecular complexity index is 254. The molecule has 0 aliphatic carbocycles. The van der Waals surface area contributed by atoms with Crippen LogP contribution in [0.15, 0.2) is 0 Å². The van der Waals surface area contributed by atoms with E-state index in [4.69, 9.17) is 34.8 Å². The highest BCUT2D eigenvalue weighted by Crippen LogP contribution is 2.26. The van der Waals surface area contributed by atoms with Crippen molar-refractivity contribution in [3.05, 3.63) is 0 Å². The zero-order chi connectivity index (χ0) is 14.2. The SMILES string of the molecule is O=C(OCCCCCC(F)(F)F)OCC(Cl)(Cl)Cl. The molecule has 0 fully saturated rings. The second-order valence-corrected chi connectivity index (χ2v) is 5.94. The van der Waals surface area contributed by atoms with Gasteiger partial charge in [0.25, 0.3) is 0 Å². The zero-order valence-corrected chi connectivity index (χ0v) is 11.5. The molecule has 0 radical (unpaired) electrons. The molecule has 3 nitrogen and oxygen atoms in total. The molecule has 18 heavy (non-hydrogen) atoms. The number of unbranched alkanes of at least 4 members (excludes halogenated alkanes) is 2. The van der Waals surface area contributed by atoms with Gasteiger partial charge in [0, 0.05) is 6.42 Å². The zero-order valence-electron chi connectivity index (χ0n) is 9.24. The van der Waals surface area contributed by atoms with Crippen molar-refractivity contribution in [3.8, 4) is 0 Å². The van der Waals surface area contributed by atoms with Gasteiger partial charge in [0.15, 0.2) is 0 Å². The second kappa shape index (κ2) is 8.17. The molecule has 0 aromatic heterocycles. The Balaban J connectivity index is 3.42. The van der Waals surface area contributed by atoms with Gasteiger partial charge in [-0.2, -0.15) is 13.2 Å². The summed E-state index contributed by atoms with van der Waals surface area (Å²) in [5.74, 6) is 0. The minimum Gasteiger partial charge on any atom is -0.434 e. The number of hydrogen-bond acceptors (Lipinski definition) is 3. The van der Waals surface area contributed by atoms with E-state index in [1.54, 1.807) is 0 Å². The molecule has 0 amide bonds. The third kappa shape index (κ3) is 14.0. The van der Waals surface area contributed by atoms with Gasteiger partial charge >= 0.3 is 12.3 Å². The van der Waals surface area contributed by atoms with Gasteiger partial charge in [0.2, 0.25) is 3.79 Å². The smallest absolute Gasteiger partial charge is 0.434 e. The van der Waals surface area contributed by atoms with Gasteiger partial charge in [-0.25, -0.2) is 4.79 Å². The summed E-state index contributed by atoms with van der Waals surface area (Å²) in [6.45, 7) is -0.485. The molecule has 0 aromatic rings. The number of hydrogen-bond donors (Lipinski definition) is 0. The normalized spacial score (nSPS) is 12.3. The van der Waals surface area contributed by atoms with E-state index < -0.39 is 29.2 Å². The third-order valence-electron chi connectivity index (χ3n) is 1.68. The van der Waals surface area contributed by atoms with Gasteiger partial charge in [-0.3, -0.25) is 0 Å². The van der Waals surface area contributed by atoms with Crippen molar-refractivity contribution in [1.82, 2.24) is 0 Å². The summed E-state index contributed by atoms with van der Waals surface area (Å²) in [5, 5.41) is 0. The van der Waals surface area contributed by atoms with E-state index in [1.165, 1.54) is 0 Å². The maximum Gasteiger partial charge on any atom is 0.508 e. The Kier molecular flexibility index (Phi) is 8.14. The van der Waals surface area contributed by atoms with Crippen molar-refractivity contribution in [2.45, 2.75) is 35.7 Å². The van der Waals surface area contributed by atoms with Gasteiger partial charge in [-0.05, 0) is 19.3 Å². The summed E-state index contributed by atoms with van der Waals surface area (Å²) < 4.78 is 42.6. The Morgan fingerprint density at radius 2 is 1.61 bits per heavy atom. The second-order valence-electron chi connectivity index (χ2n) is 3.43. The maximum absolute atomic E-state index is 11.8. The largest absolute Gasteiger partial charge is 0.508 e. The third-order valence-corrected chi connectivity index (χ3v) is 2.01. The Labute approximate surface area is 117 Å². The van der Waals surface area contributed by atoms with E-state index in [1.807, 2.05) is 0 Å². The van der Waals surface area contributed by atoms with Gasteiger partial charge in [0.1, 0.15) is 6.61 Å². The fourth-order valence-corrected chi connectivity index (χ4v) is 1.11. The number of ether oxygens (including phenoxy) is 2. The number of halogens is 6. The summed E-state index contributed by atoms with van der Waals surface area (Å²) in [4.78, 5) is 10.9. The molecule has 0 heterocycles. The van der Waals surface area contributed by atoms with E-state index in [2.05, 4.69) is 9.47 Å². The molecule has 0 unspecified atom stereocenters. The molecule has 0 saturated heterocycles. The quantitative estimate of drug-likeness (QED) is 0.404. The van der Waals surface area contributed by atoms with Gasteiger partial charge in [0.05, 0.1) is 6.61 Å². The van der Waals surface area contributed by atoms with Crippen LogP contribution >= 0.6 is 34.8 Å². The molecule has 0 saturated carbocycles. The molecule has 0 aliphatic rings. The maximum atomic E-state index is 11.8. The Morgan fingerprint density at radius 1 is 1.00 bits per heavy atom. The van der Waals surface area contributed by atoms with E-state index in [0.717, 1.165) is 0 Å². The Hall–Kier alpha value is -0.0700. The fourth-order valence-electron chi connectivity index (χ4n) is 0.942. The van der Waals surface area contributed by atoms with Crippen LogP contribution in [0, 0.1) is 0 Å². The van der Waals surface area contributed by atoms with Crippen LogP contribution in [0.2, 0.25) is 0 Å². The van der Waals surface area contributed by atoms with Crippen molar-refractivity contribution in [3.63, 3.8) is 0 Å². The summed E-state index contributed by atoms with van der Waals surface area (Å²) in [6.07, 6.45) is -5.39. The average Bonchev–Trinajstić information content (AvgIpc) is 2.17. The first-order valence-electron chi connectivity index (χ1n) is 5.03. The molecule has 108 valence electrons. The monoisotopic (exact) mass is 330 g/mol. The van der Waals surface area contributed by atoms with Crippen LogP contribution in [0.5, 0.6) is 0 Å². The lowest BCUT2D eigenvalue weighted by Crippen LogP contribution is -2.18. The van der Waals surface area contributed by atoms with Gasteiger partial charge < -0.3 is 9.47 Å². The lowest BCUT2D eigenvalue weighted by atomic mass is 10.2. The fraction of sp³-hybridized carbons (Fsp3) is 0.889. The minimum absolute atomic E-state index is 0.00391. The highest BCUT2D eigenvalue weighted by molar-refractivity contribution is 6.67. The lowest BCUT2D eigenvalue weighted by Gasteiger charge is -2.11. The van der Waals surface area contributed by atoms with Crippen LogP contribution in [0.3, 0.4) is 0 Å². The summed E-state index contributed by atoms with van der Waals surface area (Å²) in [6, 6.07) is 0. The predicted molar refractivity (Wildman–Crippen MR) is 62.1 cm³/mol. The van der Waals surface area contributed by atoms with Gasteiger partial charge in [-0.15, -0.1) is 0 Å². The minimum atomic E-state index is -4.15. The number of carbonyl (C=O) groups excluding carboxylic acids is 1. The number of carbonyl (C=O) groups is 1. The summed E-state index contributed by atoms with van der Waals surface area (Å²) in [5.41, 5.74) is 0. The topological polar surface area (TPSA) is 35.5 Å². The highest BCUT2D eigenvalue weighted by atomic mass is 35.6. The molecule has 0 aromatic carbocycles. The standard InChI is InChI=1S/C9H12Cl3F3O3/c10-8(11,12)6-18-7(16)17-5-3-1-2-4-9(13,14)15/h1-6H2. The molecule has 0 rings (SSSR count). The van der Waals surface area contributed by atoms with Gasteiger partial charge in [-0.1, -0.05) is 34.8 Å². The van der Waals surface area contributed by atoms with Crippen molar-refractivity contribution in [2.24, 2.45) is 0 Å². The van der Waals surface area contributed by atoms with E-state index in [-0.39, 0.29) is 13.0 Å². The van der Waals surface area contributed by atoms with Crippen LogP contribution in [-0.2, 0) is 9.47 Å². The van der Waals surface area contributed by atoms with E-state index >= 15 is 0 Å². The van der Waals surface area contributed by atoms with Crippen molar-refractivity contribution >= 4 is 41.0 Å². The highest BCUT2D eigenvalue weighted by Gasteiger charge is 2.25. The van der Waals surface area contributed by atoms with Crippen molar-refractivity contribution < 1.29 is 27.4 Å². The van der Waals surface area contributed by atoms with Crippen molar-refractivity contribution in [1.29, 1.82) is 0 Å². The first-order valence-corrected chi connectivity index (χ1v) is 6.16. The van der Waals surface area contributed by atoms with E-state index in [0.29, 0.717) is 12.8 Å². The summed E-state index contributed by atoms with van der Waals surface area (Å²) in [7, 11) is 0. The molecular weight excluding hydrogens is 319 g/mol. The predicted octanol–water partition coefficient (Wildman–Crippen LogP) is 4.63. The summed E-state index contributed by atoms with van der Waals surface area (Å²) >= 11 is 15.9. The van der Waals surface area contributed by atoms with Crippen LogP contribution in [0.1, 0.15) is 25.7 Å². The molecule has 0 atom stereocenters. The van der Waals surface area contributed by atoms with Crippen molar-refractivity contribution in [2.75, 3.05) is 13.2 Å². The Morgan fingerprint density at radius 3 is 2.11 bits per heavy atom. The number of rotatable bonds is 6. The number of alkyl halides is 6. The van der Waals surface area contributed by atoms with Crippen LogP contribution in [0.4, 0.5) is 18.0 Å². The lowest BCUT2D eigenvalue weighted by molar-refractivity contribution is -0.135. The molecule has 0 bridgehead atoms.